The molecule has 240 valence electrons. The molecule has 2 aromatic rings. The van der Waals surface area contributed by atoms with Crippen LogP contribution in [-0.2, 0) is 25.7 Å². The van der Waals surface area contributed by atoms with Crippen molar-refractivity contribution in [2.45, 2.75) is 111 Å². The maximum atomic E-state index is 13.4. The molecule has 2 fully saturated rings. The van der Waals surface area contributed by atoms with Crippen LogP contribution in [0, 0.1) is 24.2 Å². The second kappa shape index (κ2) is 14.3. The predicted octanol–water partition coefficient (Wildman–Crippen LogP) is 5.71. The third-order valence-corrected chi connectivity index (χ3v) is 10.0. The number of thiazole rings is 1. The summed E-state index contributed by atoms with van der Waals surface area (Å²) in [6.07, 6.45) is 0.629. The van der Waals surface area contributed by atoms with E-state index in [2.05, 4.69) is 4.98 Å². The lowest BCUT2D eigenvalue weighted by Crippen LogP contribution is -2.45. The summed E-state index contributed by atoms with van der Waals surface area (Å²) in [5.74, 6) is -1.84. The van der Waals surface area contributed by atoms with Crippen molar-refractivity contribution < 1.29 is 34.1 Å². The minimum atomic E-state index is -1.30. The van der Waals surface area contributed by atoms with Crippen molar-refractivity contribution in [1.29, 1.82) is 0 Å². The standard InChI is InChI=1S/C34H46N2O7S/c1-20-11-10-14-26-27(36(26)33(41)42-18-24-12-8-7-9-13-24)16-28(21(2)15-25-19-44-23(4)35-25)43-30(38)17-29(37)34(5,6)32(40)22(3)31(20)39/h7-9,12-13,15,19-20,22,26-29,31,37,39H,10-11,14,16-18H2,1-6H3/b21-15+/t20-,22+,26+,27?,28?,29-,31-,36?/m0/s1. The summed E-state index contributed by atoms with van der Waals surface area (Å²) in [6.45, 7) is 10.7. The number of esters is 1. The Bertz CT molecular complexity index is 1340. The van der Waals surface area contributed by atoms with E-state index in [-0.39, 0.29) is 36.8 Å². The van der Waals surface area contributed by atoms with Gasteiger partial charge in [-0.3, -0.25) is 14.5 Å². The number of Topliss-reactive ketones (excluding diaryl/α,β-unsaturated/α-hetero) is 1. The number of aromatic nitrogens is 1. The Kier molecular flexibility index (Phi) is 11.0. The van der Waals surface area contributed by atoms with Gasteiger partial charge in [-0.15, -0.1) is 11.3 Å². The van der Waals surface area contributed by atoms with E-state index in [1.807, 2.05) is 62.6 Å². The van der Waals surface area contributed by atoms with Gasteiger partial charge in [-0.05, 0) is 49.8 Å². The molecule has 1 amide bonds. The van der Waals surface area contributed by atoms with Crippen LogP contribution in [0.4, 0.5) is 4.79 Å². The second-order valence-corrected chi connectivity index (χ2v) is 14.0. The number of rotatable bonds is 4. The van der Waals surface area contributed by atoms with Crippen LogP contribution >= 0.6 is 11.3 Å². The molecule has 9 nitrogen and oxygen atoms in total. The third-order valence-electron chi connectivity index (χ3n) is 9.23. The molecule has 10 heteroatoms. The zero-order valence-electron chi connectivity index (χ0n) is 26.6. The third kappa shape index (κ3) is 8.14. The highest BCUT2D eigenvalue weighted by Crippen LogP contribution is 2.40. The average molecular weight is 627 g/mol. The molecule has 2 aliphatic heterocycles. The number of carbonyl (C=O) groups is 3. The first-order valence-corrected chi connectivity index (χ1v) is 16.4. The van der Waals surface area contributed by atoms with Crippen molar-refractivity contribution >= 4 is 35.3 Å². The van der Waals surface area contributed by atoms with E-state index in [0.717, 1.165) is 28.3 Å². The van der Waals surface area contributed by atoms with Gasteiger partial charge >= 0.3 is 12.1 Å². The number of hydrogen-bond donors (Lipinski definition) is 2. The quantitative estimate of drug-likeness (QED) is 0.327. The van der Waals surface area contributed by atoms with Gasteiger partial charge in [0.05, 0.1) is 46.8 Å². The predicted molar refractivity (Wildman–Crippen MR) is 169 cm³/mol. The molecule has 0 spiro atoms. The Morgan fingerprint density at radius 2 is 1.86 bits per heavy atom. The fourth-order valence-corrected chi connectivity index (χ4v) is 6.73. The van der Waals surface area contributed by atoms with Gasteiger partial charge in [0.25, 0.3) is 0 Å². The van der Waals surface area contributed by atoms with Crippen molar-refractivity contribution in [1.82, 2.24) is 9.88 Å². The molecule has 0 radical (unpaired) electrons. The number of benzene rings is 1. The Labute approximate surface area is 264 Å². The van der Waals surface area contributed by atoms with Gasteiger partial charge < -0.3 is 19.7 Å². The summed E-state index contributed by atoms with van der Waals surface area (Å²) in [7, 11) is 0. The molecule has 2 unspecified atom stereocenters. The minimum Gasteiger partial charge on any atom is -0.458 e. The first-order valence-electron chi connectivity index (χ1n) is 15.5. The van der Waals surface area contributed by atoms with Gasteiger partial charge in [0.1, 0.15) is 18.5 Å². The number of carbonyl (C=O) groups excluding carboxylic acids is 3. The van der Waals surface area contributed by atoms with Gasteiger partial charge in [-0.2, -0.15) is 0 Å². The van der Waals surface area contributed by atoms with Crippen LogP contribution in [0.25, 0.3) is 6.08 Å². The molecular formula is C34H46N2O7S. The van der Waals surface area contributed by atoms with E-state index in [0.29, 0.717) is 19.3 Å². The molecule has 0 aliphatic carbocycles. The fraction of sp³-hybridized carbons (Fsp3) is 0.588. The number of aliphatic hydroxyl groups excluding tert-OH is 2. The monoisotopic (exact) mass is 626 g/mol. The molecule has 2 N–H and O–H groups in total. The van der Waals surface area contributed by atoms with Crippen molar-refractivity contribution in [3.05, 3.63) is 57.6 Å². The molecule has 2 aliphatic rings. The summed E-state index contributed by atoms with van der Waals surface area (Å²) < 4.78 is 11.7. The molecular weight excluding hydrogens is 580 g/mol. The molecule has 7 atom stereocenters. The van der Waals surface area contributed by atoms with Gasteiger partial charge in [0.15, 0.2) is 0 Å². The van der Waals surface area contributed by atoms with Crippen molar-refractivity contribution in [2.75, 3.05) is 0 Å². The summed E-state index contributed by atoms with van der Waals surface area (Å²) in [6, 6.07) is 9.15. The van der Waals surface area contributed by atoms with Gasteiger partial charge in [0, 0.05) is 17.7 Å². The topological polar surface area (TPSA) is 126 Å². The number of ketones is 1. The number of aliphatic hydroxyl groups is 2. The van der Waals surface area contributed by atoms with Crippen molar-refractivity contribution in [3.8, 4) is 0 Å². The first kappa shape index (κ1) is 33.8. The molecule has 3 heterocycles. The van der Waals surface area contributed by atoms with Crippen LogP contribution < -0.4 is 0 Å². The Balaban J connectivity index is 1.60. The summed E-state index contributed by atoms with van der Waals surface area (Å²) in [5.41, 5.74) is 1.14. The SMILES string of the molecule is C/C(=C\c1csc(C)n1)C1CC2[C@@H](CCC[C@H](C)[C@H](O)[C@@H](C)C(=O)C(C)(C)[C@@H](O)CC(=O)O1)N2C(=O)OCc1ccccc1. The normalized spacial score (nSPS) is 30.3. The lowest BCUT2D eigenvalue weighted by atomic mass is 9.73. The Morgan fingerprint density at radius 1 is 1.16 bits per heavy atom. The second-order valence-electron chi connectivity index (χ2n) is 13.0. The van der Waals surface area contributed by atoms with Crippen LogP contribution in [0.5, 0.6) is 0 Å². The molecule has 2 saturated heterocycles. The number of amides is 1. The van der Waals surface area contributed by atoms with E-state index in [4.69, 9.17) is 9.47 Å². The first-order chi connectivity index (χ1) is 20.8. The highest BCUT2D eigenvalue weighted by Gasteiger charge is 2.53. The molecule has 44 heavy (non-hydrogen) atoms. The Morgan fingerprint density at radius 3 is 2.52 bits per heavy atom. The zero-order valence-corrected chi connectivity index (χ0v) is 27.4. The van der Waals surface area contributed by atoms with Gasteiger partial charge in [0.2, 0.25) is 0 Å². The Hall–Kier alpha value is -3.08. The highest BCUT2D eigenvalue weighted by molar-refractivity contribution is 7.09. The van der Waals surface area contributed by atoms with Crippen molar-refractivity contribution in [3.63, 3.8) is 0 Å². The lowest BCUT2D eigenvalue weighted by Gasteiger charge is -2.34. The number of fused-ring (bicyclic) bond motifs is 1. The van der Waals surface area contributed by atoms with Gasteiger partial charge in [-0.25, -0.2) is 9.78 Å². The molecule has 1 aromatic heterocycles. The summed E-state index contributed by atoms with van der Waals surface area (Å²) >= 11 is 1.52. The van der Waals surface area contributed by atoms with E-state index >= 15 is 0 Å². The number of cyclic esters (lactones) is 1. The number of aryl methyl sites for hydroxylation is 1. The average Bonchev–Trinajstić information content (AvgIpc) is 3.51. The van der Waals surface area contributed by atoms with E-state index in [1.165, 1.54) is 11.3 Å². The number of hydrogen-bond acceptors (Lipinski definition) is 9. The lowest BCUT2D eigenvalue weighted by molar-refractivity contribution is -0.154. The van der Waals surface area contributed by atoms with E-state index in [9.17, 15) is 24.6 Å². The van der Waals surface area contributed by atoms with Gasteiger partial charge in [-0.1, -0.05) is 64.4 Å². The molecule has 0 saturated carbocycles. The smallest absolute Gasteiger partial charge is 0.410 e. The minimum absolute atomic E-state index is 0.116. The summed E-state index contributed by atoms with van der Waals surface area (Å²) in [5, 5.41) is 24.9. The molecule has 0 bridgehead atoms. The van der Waals surface area contributed by atoms with Crippen molar-refractivity contribution in [2.24, 2.45) is 17.3 Å². The van der Waals surface area contributed by atoms with Crippen LogP contribution in [0.2, 0.25) is 0 Å². The highest BCUT2D eigenvalue weighted by atomic mass is 32.1. The summed E-state index contributed by atoms with van der Waals surface area (Å²) in [4.78, 5) is 46.2. The number of nitrogens with zero attached hydrogens (tertiary/aromatic N) is 2. The maximum absolute atomic E-state index is 13.4. The molecule has 4 rings (SSSR count). The maximum Gasteiger partial charge on any atom is 0.410 e. The van der Waals surface area contributed by atoms with Crippen LogP contribution in [0.1, 0.15) is 83.0 Å². The molecule has 1 aromatic carbocycles. The van der Waals surface area contributed by atoms with E-state index in [1.54, 1.807) is 25.7 Å². The fourth-order valence-electron chi connectivity index (χ4n) is 6.16. The zero-order chi connectivity index (χ0) is 32.2. The largest absolute Gasteiger partial charge is 0.458 e. The van der Waals surface area contributed by atoms with Crippen LogP contribution in [0.3, 0.4) is 0 Å². The van der Waals surface area contributed by atoms with E-state index < -0.39 is 41.7 Å². The van der Waals surface area contributed by atoms with Crippen LogP contribution in [-0.4, -0.2) is 68.3 Å². The number of ether oxygens (including phenoxy) is 2. The van der Waals surface area contributed by atoms with Crippen LogP contribution in [0.15, 0.2) is 41.3 Å².